The van der Waals surface area contributed by atoms with Crippen molar-refractivity contribution in [3.05, 3.63) is 77.9 Å². The fraction of sp³-hybridized carbons (Fsp3) is 0.462. The monoisotopic (exact) mass is 359 g/mol. The molecule has 1 heteroatoms. The lowest BCUT2D eigenvalue weighted by molar-refractivity contribution is 0.530. The molecule has 0 saturated carbocycles. The van der Waals surface area contributed by atoms with Crippen molar-refractivity contribution in [2.24, 2.45) is 11.8 Å². The topological polar surface area (TPSA) is 3.24 Å². The molecule has 1 heterocycles. The van der Waals surface area contributed by atoms with Gasteiger partial charge in [0.25, 0.3) is 0 Å². The zero-order valence-corrected chi connectivity index (χ0v) is 16.6. The fourth-order valence-corrected chi connectivity index (χ4v) is 4.83. The van der Waals surface area contributed by atoms with E-state index in [1.807, 2.05) is 0 Å². The van der Waals surface area contributed by atoms with Crippen LogP contribution < -0.4 is 4.90 Å². The molecule has 4 rings (SSSR count). The van der Waals surface area contributed by atoms with Crippen LogP contribution in [0.3, 0.4) is 0 Å². The normalized spacial score (nSPS) is 25.3. The van der Waals surface area contributed by atoms with Gasteiger partial charge in [0.05, 0.1) is 0 Å². The molecule has 2 aliphatic carbocycles. The Labute approximate surface area is 165 Å². The number of hydrogen-bond donors (Lipinski definition) is 0. The van der Waals surface area contributed by atoms with Crippen molar-refractivity contribution in [2.75, 3.05) is 18.0 Å². The fourth-order valence-electron chi connectivity index (χ4n) is 4.83. The van der Waals surface area contributed by atoms with Crippen LogP contribution in [0.15, 0.2) is 77.9 Å². The van der Waals surface area contributed by atoms with Crippen molar-refractivity contribution in [1.29, 1.82) is 0 Å². The van der Waals surface area contributed by atoms with E-state index in [9.17, 15) is 0 Å². The predicted octanol–water partition coefficient (Wildman–Crippen LogP) is 6.85. The van der Waals surface area contributed by atoms with Crippen molar-refractivity contribution < 1.29 is 0 Å². The molecular weight excluding hydrogens is 326 g/mol. The number of para-hydroxylation sites is 1. The smallest absolute Gasteiger partial charge is 0.0366 e. The number of nitrogens with zero attached hydrogens (tertiary/aromatic N) is 1. The Kier molecular flexibility index (Phi) is 5.97. The lowest BCUT2D eigenvalue weighted by atomic mass is 9.82. The summed E-state index contributed by atoms with van der Waals surface area (Å²) in [5.41, 5.74) is 5.89. The molecule has 0 amide bonds. The van der Waals surface area contributed by atoms with Gasteiger partial charge in [0.15, 0.2) is 0 Å². The minimum atomic E-state index is 0.586. The van der Waals surface area contributed by atoms with Crippen LogP contribution in [0.5, 0.6) is 0 Å². The minimum absolute atomic E-state index is 0.586. The number of allylic oxidation sites excluding steroid dienone is 7. The van der Waals surface area contributed by atoms with Crippen LogP contribution in [-0.4, -0.2) is 13.1 Å². The second-order valence-electron chi connectivity index (χ2n) is 8.48. The summed E-state index contributed by atoms with van der Waals surface area (Å²) < 4.78 is 0. The second kappa shape index (κ2) is 8.78. The van der Waals surface area contributed by atoms with E-state index in [4.69, 9.17) is 0 Å². The average Bonchev–Trinajstić information content (AvgIpc) is 3.22. The highest BCUT2D eigenvalue weighted by molar-refractivity contribution is 5.47. The van der Waals surface area contributed by atoms with Gasteiger partial charge in [-0.1, -0.05) is 54.7 Å². The molecule has 1 aromatic carbocycles. The van der Waals surface area contributed by atoms with E-state index >= 15 is 0 Å². The van der Waals surface area contributed by atoms with Crippen LogP contribution in [-0.2, 0) is 0 Å². The maximum Gasteiger partial charge on any atom is 0.0366 e. The van der Waals surface area contributed by atoms with Crippen molar-refractivity contribution in [3.63, 3.8) is 0 Å². The van der Waals surface area contributed by atoms with E-state index in [1.165, 1.54) is 81.3 Å². The van der Waals surface area contributed by atoms with E-state index in [-0.39, 0.29) is 0 Å². The Morgan fingerprint density at radius 2 is 1.96 bits per heavy atom. The summed E-state index contributed by atoms with van der Waals surface area (Å²) in [6, 6.07) is 10.9. The van der Waals surface area contributed by atoms with Gasteiger partial charge in [-0.15, -0.1) is 0 Å². The predicted molar refractivity (Wildman–Crippen MR) is 117 cm³/mol. The van der Waals surface area contributed by atoms with Gasteiger partial charge in [-0.25, -0.2) is 0 Å². The van der Waals surface area contributed by atoms with Crippen LogP contribution in [0.2, 0.25) is 0 Å². The highest BCUT2D eigenvalue weighted by Crippen LogP contribution is 2.34. The van der Waals surface area contributed by atoms with Gasteiger partial charge in [0.1, 0.15) is 0 Å². The summed E-state index contributed by atoms with van der Waals surface area (Å²) in [6.45, 7) is 6.86. The summed E-state index contributed by atoms with van der Waals surface area (Å²) in [7, 11) is 0. The third-order valence-electron chi connectivity index (χ3n) is 6.63. The summed E-state index contributed by atoms with van der Waals surface area (Å²) in [5, 5.41) is 0. The lowest BCUT2D eigenvalue weighted by Crippen LogP contribution is -2.19. The number of anilines is 1. The standard InChI is InChI=1S/C26H33N/c1-21(24-8-4-2-5-9-24)25-16-14-22(15-17-25)12-13-23-18-19-27(20-23)26-10-6-3-7-11-26/h3-4,6-8,10-11,14,16,23-24H,1-2,5,9,12-13,15,17-20H2. The first-order valence-electron chi connectivity index (χ1n) is 10.8. The number of rotatable bonds is 6. The Balaban J connectivity index is 1.27. The minimum Gasteiger partial charge on any atom is -0.371 e. The number of hydrogen-bond acceptors (Lipinski definition) is 1. The quantitative estimate of drug-likeness (QED) is 0.502. The molecule has 3 aliphatic rings. The van der Waals surface area contributed by atoms with Crippen LogP contribution in [0.1, 0.15) is 51.4 Å². The second-order valence-corrected chi connectivity index (χ2v) is 8.48. The molecule has 0 radical (unpaired) electrons. The molecule has 1 saturated heterocycles. The first-order chi connectivity index (χ1) is 13.3. The van der Waals surface area contributed by atoms with Crippen LogP contribution in [0, 0.1) is 11.8 Å². The van der Waals surface area contributed by atoms with E-state index in [0.29, 0.717) is 5.92 Å². The molecule has 1 aromatic rings. The third-order valence-corrected chi connectivity index (χ3v) is 6.63. The van der Waals surface area contributed by atoms with Gasteiger partial charge >= 0.3 is 0 Å². The maximum absolute atomic E-state index is 4.42. The van der Waals surface area contributed by atoms with Gasteiger partial charge < -0.3 is 4.90 Å². The molecule has 0 spiro atoms. The molecule has 2 atom stereocenters. The third kappa shape index (κ3) is 4.64. The molecule has 1 aliphatic heterocycles. The SMILES string of the molecule is C=C(C1=CC=C(CCC2CCN(c3ccccc3)C2)CC1)C1C=CCCC1. The van der Waals surface area contributed by atoms with Gasteiger partial charge in [-0.3, -0.25) is 0 Å². The van der Waals surface area contributed by atoms with Crippen LogP contribution in [0.4, 0.5) is 5.69 Å². The Morgan fingerprint density at radius 3 is 2.70 bits per heavy atom. The molecule has 0 N–H and O–H groups in total. The molecule has 142 valence electrons. The highest BCUT2D eigenvalue weighted by atomic mass is 15.1. The molecule has 0 aromatic heterocycles. The summed E-state index contributed by atoms with van der Waals surface area (Å²) in [4.78, 5) is 2.56. The summed E-state index contributed by atoms with van der Waals surface area (Å²) >= 11 is 0. The van der Waals surface area contributed by atoms with Crippen LogP contribution >= 0.6 is 0 Å². The van der Waals surface area contributed by atoms with Crippen molar-refractivity contribution in [3.8, 4) is 0 Å². The lowest BCUT2D eigenvalue weighted by Gasteiger charge is -2.24. The zero-order valence-electron chi connectivity index (χ0n) is 16.6. The zero-order chi connectivity index (χ0) is 18.5. The van der Waals surface area contributed by atoms with Crippen LogP contribution in [0.25, 0.3) is 0 Å². The van der Waals surface area contributed by atoms with Gasteiger partial charge in [0.2, 0.25) is 0 Å². The maximum atomic E-state index is 4.42. The highest BCUT2D eigenvalue weighted by Gasteiger charge is 2.23. The van der Waals surface area contributed by atoms with Crippen molar-refractivity contribution in [2.45, 2.75) is 51.4 Å². The molecule has 2 unspecified atom stereocenters. The summed E-state index contributed by atoms with van der Waals surface area (Å²) in [5.74, 6) is 1.43. The average molecular weight is 360 g/mol. The van der Waals surface area contributed by atoms with E-state index < -0.39 is 0 Å². The summed E-state index contributed by atoms with van der Waals surface area (Å²) in [6.07, 6.45) is 19.7. The largest absolute Gasteiger partial charge is 0.371 e. The van der Waals surface area contributed by atoms with Crippen molar-refractivity contribution in [1.82, 2.24) is 0 Å². The van der Waals surface area contributed by atoms with E-state index in [0.717, 1.165) is 5.92 Å². The van der Waals surface area contributed by atoms with Gasteiger partial charge in [-0.2, -0.15) is 0 Å². The Bertz CT molecular complexity index is 737. The first-order valence-corrected chi connectivity index (χ1v) is 10.8. The Morgan fingerprint density at radius 1 is 1.07 bits per heavy atom. The molecule has 0 bridgehead atoms. The van der Waals surface area contributed by atoms with Crippen molar-refractivity contribution >= 4 is 5.69 Å². The van der Waals surface area contributed by atoms with Gasteiger partial charge in [-0.05, 0) is 80.6 Å². The van der Waals surface area contributed by atoms with E-state index in [2.05, 4.69) is 66.1 Å². The molecular formula is C26H33N. The first kappa shape index (κ1) is 18.3. The van der Waals surface area contributed by atoms with E-state index in [1.54, 1.807) is 5.57 Å². The number of benzene rings is 1. The Hall–Kier alpha value is -2.02. The van der Waals surface area contributed by atoms with Gasteiger partial charge in [0, 0.05) is 24.7 Å². The molecule has 27 heavy (non-hydrogen) atoms. The molecule has 1 nitrogen and oxygen atoms in total. The molecule has 1 fully saturated rings.